The maximum atomic E-state index is 12.4. The molecule has 3 atom stereocenters. The van der Waals surface area contributed by atoms with Crippen molar-refractivity contribution in [1.29, 1.82) is 0 Å². The number of carbonyl (C=O) groups is 2. The van der Waals surface area contributed by atoms with Crippen molar-refractivity contribution in [3.05, 3.63) is 77.7 Å². The molecule has 1 aromatic heterocycles. The number of methoxy groups -OCH3 is 1. The van der Waals surface area contributed by atoms with Gasteiger partial charge in [0.2, 0.25) is 5.89 Å². The van der Waals surface area contributed by atoms with Crippen LogP contribution in [0.4, 0.5) is 10.8 Å². The summed E-state index contributed by atoms with van der Waals surface area (Å²) in [5.41, 5.74) is 1.57. The lowest BCUT2D eigenvalue weighted by Crippen LogP contribution is -2.33. The smallest absolute Gasteiger partial charge is 0.408 e. The van der Waals surface area contributed by atoms with E-state index in [1.807, 2.05) is 62.4 Å². The number of esters is 1. The maximum absolute atomic E-state index is 12.4. The molecule has 2 N–H and O–H groups in total. The number of aromatic nitrogens is 2. The topological polar surface area (TPSA) is 116 Å². The van der Waals surface area contributed by atoms with Gasteiger partial charge in [0.25, 0.3) is 0 Å². The number of carbonyl (C=O) groups excluding carboxylic acids is 2. The van der Waals surface area contributed by atoms with E-state index in [-0.39, 0.29) is 24.4 Å². The summed E-state index contributed by atoms with van der Waals surface area (Å²) in [4.78, 5) is 24.7. The van der Waals surface area contributed by atoms with Gasteiger partial charge in [0.1, 0.15) is 12.6 Å². The number of nitrogens with one attached hydrogen (secondary N) is 2. The molecule has 0 saturated heterocycles. The minimum absolute atomic E-state index is 0.00639. The second kappa shape index (κ2) is 11.7. The second-order valence-corrected chi connectivity index (χ2v) is 7.53. The van der Waals surface area contributed by atoms with Gasteiger partial charge >= 0.3 is 18.1 Å². The molecule has 0 spiro atoms. The molecule has 0 saturated carbocycles. The van der Waals surface area contributed by atoms with E-state index in [1.54, 1.807) is 12.1 Å². The SMILES string of the molecule is CCC(C)[C@H](NC(=O)OCc1ccccc1)c1nnc(N[C@H](C(=O)OC)c2ccccc2)o1. The predicted molar refractivity (Wildman–Crippen MR) is 121 cm³/mol. The van der Waals surface area contributed by atoms with Gasteiger partial charge in [-0.1, -0.05) is 86.0 Å². The van der Waals surface area contributed by atoms with Crippen LogP contribution < -0.4 is 10.6 Å². The summed E-state index contributed by atoms with van der Waals surface area (Å²) in [6.07, 6.45) is 0.164. The fraction of sp³-hybridized carbons (Fsp3) is 0.333. The van der Waals surface area contributed by atoms with E-state index in [9.17, 15) is 9.59 Å². The Morgan fingerprint density at radius 2 is 1.70 bits per heavy atom. The van der Waals surface area contributed by atoms with Crippen LogP contribution in [-0.4, -0.2) is 29.4 Å². The van der Waals surface area contributed by atoms with Crippen LogP contribution in [0.25, 0.3) is 0 Å². The highest BCUT2D eigenvalue weighted by Gasteiger charge is 2.28. The molecule has 3 aromatic rings. The van der Waals surface area contributed by atoms with E-state index in [2.05, 4.69) is 20.8 Å². The van der Waals surface area contributed by atoms with Crippen LogP contribution in [0.2, 0.25) is 0 Å². The Kier molecular flexibility index (Phi) is 8.40. The molecule has 174 valence electrons. The number of amides is 1. The minimum Gasteiger partial charge on any atom is -0.467 e. The summed E-state index contributed by atoms with van der Waals surface area (Å²) >= 11 is 0. The van der Waals surface area contributed by atoms with Gasteiger partial charge in [-0.05, 0) is 17.0 Å². The van der Waals surface area contributed by atoms with Crippen LogP contribution in [0.1, 0.15) is 49.4 Å². The van der Waals surface area contributed by atoms with Crippen LogP contribution in [0.5, 0.6) is 0 Å². The lowest BCUT2D eigenvalue weighted by molar-refractivity contribution is -0.141. The number of alkyl carbamates (subject to hydrolysis) is 1. The Labute approximate surface area is 192 Å². The molecule has 2 aromatic carbocycles. The number of benzene rings is 2. The van der Waals surface area contributed by atoms with E-state index in [1.165, 1.54) is 7.11 Å². The van der Waals surface area contributed by atoms with Gasteiger partial charge < -0.3 is 24.5 Å². The summed E-state index contributed by atoms with van der Waals surface area (Å²) in [7, 11) is 1.31. The number of rotatable bonds is 10. The number of hydrogen-bond acceptors (Lipinski definition) is 8. The van der Waals surface area contributed by atoms with Crippen molar-refractivity contribution in [2.24, 2.45) is 5.92 Å². The highest BCUT2D eigenvalue weighted by molar-refractivity contribution is 5.80. The fourth-order valence-electron chi connectivity index (χ4n) is 3.16. The third kappa shape index (κ3) is 6.55. The molecule has 3 rings (SSSR count). The lowest BCUT2D eigenvalue weighted by Gasteiger charge is -2.20. The third-order valence-corrected chi connectivity index (χ3v) is 5.24. The quantitative estimate of drug-likeness (QED) is 0.435. The van der Waals surface area contributed by atoms with Crippen molar-refractivity contribution < 1.29 is 23.5 Å². The summed E-state index contributed by atoms with van der Waals surface area (Å²) in [6, 6.07) is 17.1. The molecule has 33 heavy (non-hydrogen) atoms. The van der Waals surface area contributed by atoms with Gasteiger partial charge in [0.15, 0.2) is 6.04 Å². The summed E-state index contributed by atoms with van der Waals surface area (Å²) in [6.45, 7) is 4.10. The zero-order valence-corrected chi connectivity index (χ0v) is 18.9. The number of nitrogens with zero attached hydrogens (tertiary/aromatic N) is 2. The number of hydrogen-bond donors (Lipinski definition) is 2. The van der Waals surface area contributed by atoms with E-state index in [0.29, 0.717) is 5.56 Å². The largest absolute Gasteiger partial charge is 0.467 e. The van der Waals surface area contributed by atoms with Crippen molar-refractivity contribution in [1.82, 2.24) is 15.5 Å². The molecule has 0 bridgehead atoms. The van der Waals surface area contributed by atoms with Crippen LogP contribution >= 0.6 is 0 Å². The molecule has 0 aliphatic carbocycles. The monoisotopic (exact) mass is 452 g/mol. The van der Waals surface area contributed by atoms with Crippen LogP contribution in [0.3, 0.4) is 0 Å². The normalized spacial score (nSPS) is 13.4. The molecule has 0 aliphatic rings. The molecular formula is C24H28N4O5. The Hall–Kier alpha value is -3.88. The second-order valence-electron chi connectivity index (χ2n) is 7.53. The van der Waals surface area contributed by atoms with Gasteiger partial charge in [-0.3, -0.25) is 0 Å². The zero-order valence-electron chi connectivity index (χ0n) is 18.9. The van der Waals surface area contributed by atoms with E-state index < -0.39 is 24.1 Å². The molecule has 0 fully saturated rings. The molecule has 1 heterocycles. The first-order chi connectivity index (χ1) is 16.0. The van der Waals surface area contributed by atoms with Crippen molar-refractivity contribution in [3.8, 4) is 0 Å². The summed E-state index contributed by atoms with van der Waals surface area (Å²) in [5, 5.41) is 13.8. The first kappa shape index (κ1) is 23.8. The molecular weight excluding hydrogens is 424 g/mol. The van der Waals surface area contributed by atoms with E-state index >= 15 is 0 Å². The molecule has 9 heteroatoms. The van der Waals surface area contributed by atoms with Crippen molar-refractivity contribution in [2.45, 2.75) is 39.0 Å². The predicted octanol–water partition coefficient (Wildman–Crippen LogP) is 4.41. The van der Waals surface area contributed by atoms with E-state index in [4.69, 9.17) is 13.9 Å². The van der Waals surface area contributed by atoms with Crippen LogP contribution in [0.15, 0.2) is 65.1 Å². The highest BCUT2D eigenvalue weighted by atomic mass is 16.5. The molecule has 1 amide bonds. The van der Waals surface area contributed by atoms with Crippen molar-refractivity contribution in [3.63, 3.8) is 0 Å². The minimum atomic E-state index is -0.824. The first-order valence-corrected chi connectivity index (χ1v) is 10.7. The average molecular weight is 453 g/mol. The average Bonchev–Trinajstić information content (AvgIpc) is 3.33. The van der Waals surface area contributed by atoms with Gasteiger partial charge in [-0.25, -0.2) is 9.59 Å². The Balaban J connectivity index is 1.70. The number of anilines is 1. The highest BCUT2D eigenvalue weighted by Crippen LogP contribution is 2.27. The van der Waals surface area contributed by atoms with Crippen molar-refractivity contribution >= 4 is 18.1 Å². The summed E-state index contributed by atoms with van der Waals surface area (Å²) < 4.78 is 16.0. The molecule has 0 aliphatic heterocycles. The first-order valence-electron chi connectivity index (χ1n) is 10.7. The zero-order chi connectivity index (χ0) is 23.6. The Morgan fingerprint density at radius 3 is 2.33 bits per heavy atom. The van der Waals surface area contributed by atoms with Crippen LogP contribution in [0, 0.1) is 5.92 Å². The third-order valence-electron chi connectivity index (χ3n) is 5.24. The van der Waals surface area contributed by atoms with Gasteiger partial charge in [-0.15, -0.1) is 5.10 Å². The lowest BCUT2D eigenvalue weighted by atomic mass is 9.99. The fourth-order valence-corrected chi connectivity index (χ4v) is 3.16. The molecule has 1 unspecified atom stereocenters. The van der Waals surface area contributed by atoms with Crippen molar-refractivity contribution in [2.75, 3.05) is 12.4 Å². The van der Waals surface area contributed by atoms with Gasteiger partial charge in [0.05, 0.1) is 7.11 Å². The van der Waals surface area contributed by atoms with Gasteiger partial charge in [-0.2, -0.15) is 0 Å². The van der Waals surface area contributed by atoms with E-state index in [0.717, 1.165) is 12.0 Å². The van der Waals surface area contributed by atoms with Gasteiger partial charge in [0, 0.05) is 0 Å². The Morgan fingerprint density at radius 1 is 1.03 bits per heavy atom. The number of ether oxygens (including phenoxy) is 2. The van der Waals surface area contributed by atoms with Crippen LogP contribution in [-0.2, 0) is 20.9 Å². The molecule has 9 nitrogen and oxygen atoms in total. The summed E-state index contributed by atoms with van der Waals surface area (Å²) in [5.74, 6) is -0.296. The standard InChI is InChI=1S/C24H28N4O5/c1-4-16(2)19(26-24(30)32-15-17-11-7-5-8-12-17)21-27-28-23(33-21)25-20(22(29)31-3)18-13-9-6-10-14-18/h5-14,16,19-20H,4,15H2,1-3H3,(H,25,28)(H,26,30)/t16?,19-,20-/m0/s1. The Bertz CT molecular complexity index is 1030. The maximum Gasteiger partial charge on any atom is 0.408 e. The molecule has 0 radical (unpaired) electrons.